The normalized spacial score (nSPS) is 11.8. The zero-order valence-electron chi connectivity index (χ0n) is 11.5. The van der Waals surface area contributed by atoms with Crippen LogP contribution in [0.3, 0.4) is 0 Å². The molecule has 0 aliphatic heterocycles. The van der Waals surface area contributed by atoms with Gasteiger partial charge in [0.1, 0.15) is 0 Å². The molecule has 0 aromatic heterocycles. The van der Waals surface area contributed by atoms with Gasteiger partial charge in [0, 0.05) is 40.5 Å². The summed E-state index contributed by atoms with van der Waals surface area (Å²) in [5.41, 5.74) is 0. The Labute approximate surface area is 108 Å². The second-order valence-electron chi connectivity index (χ2n) is 4.66. The zero-order valence-corrected chi connectivity index (χ0v) is 11.5. The number of hydrogen-bond donors (Lipinski definition) is 1. The summed E-state index contributed by atoms with van der Waals surface area (Å²) in [6, 6.07) is 0. The van der Waals surface area contributed by atoms with Gasteiger partial charge in [0.2, 0.25) is 11.8 Å². The highest BCUT2D eigenvalue weighted by Gasteiger charge is 2.17. The highest BCUT2D eigenvalue weighted by molar-refractivity contribution is 5.79. The van der Waals surface area contributed by atoms with Crippen molar-refractivity contribution in [3.05, 3.63) is 0 Å². The Morgan fingerprint density at radius 2 is 1.56 bits per heavy atom. The van der Waals surface area contributed by atoms with E-state index in [1.54, 1.807) is 28.1 Å². The average Bonchev–Trinajstić information content (AvgIpc) is 2.27. The van der Waals surface area contributed by atoms with E-state index in [9.17, 15) is 14.4 Å². The van der Waals surface area contributed by atoms with Gasteiger partial charge in [-0.25, -0.2) is 0 Å². The molecule has 0 aromatic rings. The second kappa shape index (κ2) is 7.68. The second-order valence-corrected chi connectivity index (χ2v) is 4.66. The molecule has 1 unspecified atom stereocenters. The lowest BCUT2D eigenvalue weighted by molar-refractivity contribution is -0.142. The number of aliphatic carboxylic acids is 1. The van der Waals surface area contributed by atoms with Gasteiger partial charge in [-0.05, 0) is 6.42 Å². The molecule has 0 radical (unpaired) electrons. The van der Waals surface area contributed by atoms with Gasteiger partial charge in [0.25, 0.3) is 0 Å². The van der Waals surface area contributed by atoms with E-state index in [-0.39, 0.29) is 24.8 Å². The molecule has 0 spiro atoms. The number of carboxylic acids is 1. The third-order valence-corrected chi connectivity index (χ3v) is 2.68. The van der Waals surface area contributed by atoms with Crippen LogP contribution in [0.5, 0.6) is 0 Å². The molecule has 0 heterocycles. The first-order chi connectivity index (χ1) is 8.25. The maximum Gasteiger partial charge on any atom is 0.308 e. The summed E-state index contributed by atoms with van der Waals surface area (Å²) in [4.78, 5) is 36.5. The van der Waals surface area contributed by atoms with Crippen LogP contribution in [0.4, 0.5) is 0 Å². The number of nitrogens with zero attached hydrogens (tertiary/aromatic N) is 2. The number of carboxylic acid groups (broad SMARTS) is 1. The molecule has 0 bridgehead atoms. The van der Waals surface area contributed by atoms with Crippen LogP contribution in [0.1, 0.15) is 26.2 Å². The van der Waals surface area contributed by atoms with E-state index in [2.05, 4.69) is 0 Å². The van der Waals surface area contributed by atoms with Crippen molar-refractivity contribution in [1.29, 1.82) is 0 Å². The molecule has 0 fully saturated rings. The monoisotopic (exact) mass is 258 g/mol. The minimum atomic E-state index is -0.919. The summed E-state index contributed by atoms with van der Waals surface area (Å²) >= 11 is 0. The Balaban J connectivity index is 3.95. The fourth-order valence-electron chi connectivity index (χ4n) is 1.40. The van der Waals surface area contributed by atoms with E-state index in [0.717, 1.165) is 0 Å². The molecule has 0 saturated heterocycles. The van der Waals surface area contributed by atoms with E-state index in [1.807, 2.05) is 0 Å². The predicted octanol–water partition coefficient (Wildman–Crippen LogP) is 0.424. The fourth-order valence-corrected chi connectivity index (χ4v) is 1.40. The van der Waals surface area contributed by atoms with Gasteiger partial charge in [-0.3, -0.25) is 14.4 Å². The standard InChI is InChI=1S/C12H22N2O4/c1-9(12(17)18)8-14(4)11(16)7-5-6-10(15)13(2)3/h9H,5-8H2,1-4H3,(H,17,18). The molecule has 0 aliphatic carbocycles. The van der Waals surface area contributed by atoms with Gasteiger partial charge in [0.05, 0.1) is 5.92 Å². The molecule has 6 nitrogen and oxygen atoms in total. The molecule has 2 amide bonds. The molecular formula is C12H22N2O4. The van der Waals surface area contributed by atoms with E-state index in [1.165, 1.54) is 9.80 Å². The summed E-state index contributed by atoms with van der Waals surface area (Å²) < 4.78 is 0. The molecule has 0 rings (SSSR count). The molecular weight excluding hydrogens is 236 g/mol. The van der Waals surface area contributed by atoms with Crippen molar-refractivity contribution < 1.29 is 19.5 Å². The van der Waals surface area contributed by atoms with Crippen molar-refractivity contribution in [3.63, 3.8) is 0 Å². The summed E-state index contributed by atoms with van der Waals surface area (Å²) in [7, 11) is 4.92. The van der Waals surface area contributed by atoms with E-state index < -0.39 is 11.9 Å². The Bertz CT molecular complexity index is 315. The summed E-state index contributed by atoms with van der Waals surface area (Å²) in [6.07, 6.45) is 1.09. The molecule has 0 aromatic carbocycles. The average molecular weight is 258 g/mol. The van der Waals surface area contributed by atoms with E-state index in [0.29, 0.717) is 12.8 Å². The summed E-state index contributed by atoms with van der Waals surface area (Å²) in [6.45, 7) is 1.75. The fraction of sp³-hybridized carbons (Fsp3) is 0.750. The Kier molecular flexibility index (Phi) is 7.00. The number of amides is 2. The van der Waals surface area contributed by atoms with Crippen molar-refractivity contribution in [2.45, 2.75) is 26.2 Å². The maximum atomic E-state index is 11.7. The number of rotatable bonds is 7. The third-order valence-electron chi connectivity index (χ3n) is 2.68. The third kappa shape index (κ3) is 6.22. The van der Waals surface area contributed by atoms with Crippen molar-refractivity contribution in [2.75, 3.05) is 27.7 Å². The van der Waals surface area contributed by atoms with Crippen LogP contribution in [-0.4, -0.2) is 60.4 Å². The smallest absolute Gasteiger partial charge is 0.308 e. The van der Waals surface area contributed by atoms with Gasteiger partial charge in [-0.2, -0.15) is 0 Å². The van der Waals surface area contributed by atoms with Gasteiger partial charge < -0.3 is 14.9 Å². The van der Waals surface area contributed by atoms with Crippen LogP contribution in [0.15, 0.2) is 0 Å². The van der Waals surface area contributed by atoms with Crippen LogP contribution in [0, 0.1) is 5.92 Å². The first-order valence-electron chi connectivity index (χ1n) is 5.92. The van der Waals surface area contributed by atoms with E-state index >= 15 is 0 Å². The SMILES string of the molecule is CC(CN(C)C(=O)CCCC(=O)N(C)C)C(=O)O. The summed E-state index contributed by atoms with van der Waals surface area (Å²) in [5.74, 6) is -1.64. The zero-order chi connectivity index (χ0) is 14.3. The van der Waals surface area contributed by atoms with E-state index in [4.69, 9.17) is 5.11 Å². The van der Waals surface area contributed by atoms with Gasteiger partial charge in [-0.15, -0.1) is 0 Å². The topological polar surface area (TPSA) is 77.9 Å². The summed E-state index contributed by atoms with van der Waals surface area (Å²) in [5, 5.41) is 8.73. The maximum absolute atomic E-state index is 11.7. The lowest BCUT2D eigenvalue weighted by atomic mass is 10.1. The Morgan fingerprint density at radius 1 is 1.06 bits per heavy atom. The van der Waals surface area contributed by atoms with Gasteiger partial charge >= 0.3 is 5.97 Å². The molecule has 1 atom stereocenters. The van der Waals surface area contributed by atoms with Gasteiger partial charge in [0.15, 0.2) is 0 Å². The number of carbonyl (C=O) groups excluding carboxylic acids is 2. The van der Waals surface area contributed by atoms with Gasteiger partial charge in [-0.1, -0.05) is 6.92 Å². The number of carbonyl (C=O) groups is 3. The molecule has 104 valence electrons. The minimum absolute atomic E-state index is 0.00985. The highest BCUT2D eigenvalue weighted by Crippen LogP contribution is 2.04. The lowest BCUT2D eigenvalue weighted by Gasteiger charge is -2.19. The van der Waals surface area contributed by atoms with Crippen molar-refractivity contribution in [1.82, 2.24) is 9.80 Å². The molecule has 1 N–H and O–H groups in total. The lowest BCUT2D eigenvalue weighted by Crippen LogP contribution is -2.33. The molecule has 18 heavy (non-hydrogen) atoms. The predicted molar refractivity (Wildman–Crippen MR) is 67.0 cm³/mol. The van der Waals surface area contributed by atoms with Crippen LogP contribution in [-0.2, 0) is 14.4 Å². The first-order valence-corrected chi connectivity index (χ1v) is 5.92. The van der Waals surface area contributed by atoms with Crippen LogP contribution in [0.2, 0.25) is 0 Å². The van der Waals surface area contributed by atoms with Crippen LogP contribution < -0.4 is 0 Å². The Morgan fingerprint density at radius 3 is 2.00 bits per heavy atom. The van der Waals surface area contributed by atoms with Crippen molar-refractivity contribution in [2.24, 2.45) is 5.92 Å². The van der Waals surface area contributed by atoms with Crippen LogP contribution >= 0.6 is 0 Å². The highest BCUT2D eigenvalue weighted by atomic mass is 16.4. The first kappa shape index (κ1) is 16.4. The molecule has 0 saturated carbocycles. The van der Waals surface area contributed by atoms with Crippen molar-refractivity contribution >= 4 is 17.8 Å². The minimum Gasteiger partial charge on any atom is -0.481 e. The Hall–Kier alpha value is -1.59. The van der Waals surface area contributed by atoms with Crippen molar-refractivity contribution in [3.8, 4) is 0 Å². The largest absolute Gasteiger partial charge is 0.481 e. The molecule has 0 aliphatic rings. The van der Waals surface area contributed by atoms with Crippen LogP contribution in [0.25, 0.3) is 0 Å². The molecule has 6 heteroatoms. The number of hydrogen-bond acceptors (Lipinski definition) is 3. The quantitative estimate of drug-likeness (QED) is 0.718.